The van der Waals surface area contributed by atoms with E-state index < -0.39 is 17.6 Å². The summed E-state index contributed by atoms with van der Waals surface area (Å²) in [6.07, 6.45) is 1.16. The van der Waals surface area contributed by atoms with Crippen LogP contribution < -0.4 is 0 Å². The number of methoxy groups -OCH3 is 1. The summed E-state index contributed by atoms with van der Waals surface area (Å²) >= 11 is 0. The Morgan fingerprint density at radius 2 is 1.60 bits per heavy atom. The molecule has 0 saturated heterocycles. The number of esters is 1. The second-order valence-electron chi connectivity index (χ2n) is 4.05. The molecule has 20 heavy (non-hydrogen) atoms. The van der Waals surface area contributed by atoms with Gasteiger partial charge in [-0.1, -0.05) is 36.4 Å². The normalized spacial score (nSPS) is 11.2. The standard InChI is InChI=1S/C16H12F2O2/c1-20-16(19)12(11-6-3-2-4-7-11)10-13-14(17)8-5-9-15(13)18/h2-10H,1H3/b12-10+. The molecule has 0 heterocycles. The Bertz CT molecular complexity index is 629. The topological polar surface area (TPSA) is 26.3 Å². The van der Waals surface area contributed by atoms with Crippen molar-refractivity contribution in [3.05, 3.63) is 71.3 Å². The number of halogens is 2. The van der Waals surface area contributed by atoms with E-state index >= 15 is 0 Å². The summed E-state index contributed by atoms with van der Waals surface area (Å²) in [4.78, 5) is 11.8. The van der Waals surface area contributed by atoms with Crippen LogP contribution in [0.4, 0.5) is 8.78 Å². The molecule has 0 radical (unpaired) electrons. The lowest BCUT2D eigenvalue weighted by molar-refractivity contribution is -0.133. The van der Waals surface area contributed by atoms with E-state index in [4.69, 9.17) is 0 Å². The molecule has 0 spiro atoms. The van der Waals surface area contributed by atoms with Crippen molar-refractivity contribution >= 4 is 17.6 Å². The van der Waals surface area contributed by atoms with E-state index in [1.165, 1.54) is 13.2 Å². The molecular weight excluding hydrogens is 262 g/mol. The van der Waals surface area contributed by atoms with Crippen LogP contribution in [0.3, 0.4) is 0 Å². The van der Waals surface area contributed by atoms with Gasteiger partial charge in [-0.05, 0) is 23.8 Å². The molecular formula is C16H12F2O2. The van der Waals surface area contributed by atoms with E-state index in [2.05, 4.69) is 4.74 Å². The molecule has 2 rings (SSSR count). The Morgan fingerprint density at radius 3 is 2.15 bits per heavy atom. The molecule has 2 aromatic carbocycles. The van der Waals surface area contributed by atoms with Crippen molar-refractivity contribution in [2.45, 2.75) is 0 Å². The van der Waals surface area contributed by atoms with Crippen LogP contribution in [-0.4, -0.2) is 13.1 Å². The minimum Gasteiger partial charge on any atom is -0.465 e. The van der Waals surface area contributed by atoms with Crippen LogP contribution in [0.2, 0.25) is 0 Å². The highest BCUT2D eigenvalue weighted by Gasteiger charge is 2.15. The highest BCUT2D eigenvalue weighted by atomic mass is 19.1. The number of carbonyl (C=O) groups is 1. The zero-order chi connectivity index (χ0) is 14.5. The number of hydrogen-bond acceptors (Lipinski definition) is 2. The van der Waals surface area contributed by atoms with E-state index in [9.17, 15) is 13.6 Å². The second-order valence-corrected chi connectivity index (χ2v) is 4.05. The third kappa shape index (κ3) is 2.91. The first-order valence-electron chi connectivity index (χ1n) is 5.93. The minimum absolute atomic E-state index is 0.0945. The monoisotopic (exact) mass is 274 g/mol. The maximum Gasteiger partial charge on any atom is 0.338 e. The molecule has 0 aromatic heterocycles. The SMILES string of the molecule is COC(=O)/C(=C/c1c(F)cccc1F)c1ccccc1. The summed E-state index contributed by atoms with van der Waals surface area (Å²) in [6, 6.07) is 12.1. The van der Waals surface area contributed by atoms with Gasteiger partial charge in [0.15, 0.2) is 0 Å². The van der Waals surface area contributed by atoms with Crippen molar-refractivity contribution in [3.63, 3.8) is 0 Å². The third-order valence-corrected chi connectivity index (χ3v) is 2.78. The zero-order valence-electron chi connectivity index (χ0n) is 10.8. The van der Waals surface area contributed by atoms with Gasteiger partial charge in [0.1, 0.15) is 11.6 Å². The molecule has 0 N–H and O–H groups in total. The van der Waals surface area contributed by atoms with Crippen molar-refractivity contribution in [2.75, 3.05) is 7.11 Å². The summed E-state index contributed by atoms with van der Waals surface area (Å²) in [5, 5.41) is 0. The first-order valence-corrected chi connectivity index (χ1v) is 5.93. The number of rotatable bonds is 3. The fourth-order valence-corrected chi connectivity index (χ4v) is 1.78. The second kappa shape index (κ2) is 6.10. The van der Waals surface area contributed by atoms with Gasteiger partial charge in [-0.15, -0.1) is 0 Å². The van der Waals surface area contributed by atoms with E-state index in [0.717, 1.165) is 18.2 Å². The summed E-state index contributed by atoms with van der Waals surface area (Å²) in [5.74, 6) is -2.12. The minimum atomic E-state index is -0.734. The Balaban J connectivity index is 2.58. The van der Waals surface area contributed by atoms with Crippen LogP contribution in [0.5, 0.6) is 0 Å². The van der Waals surface area contributed by atoms with Gasteiger partial charge < -0.3 is 4.74 Å². The fourth-order valence-electron chi connectivity index (χ4n) is 1.78. The summed E-state index contributed by atoms with van der Waals surface area (Å²) in [7, 11) is 1.22. The first-order chi connectivity index (χ1) is 9.63. The number of benzene rings is 2. The lowest BCUT2D eigenvalue weighted by Gasteiger charge is -2.07. The molecule has 0 fully saturated rings. The van der Waals surface area contributed by atoms with Gasteiger partial charge in [0.25, 0.3) is 0 Å². The Morgan fingerprint density at radius 1 is 1.00 bits per heavy atom. The van der Waals surface area contributed by atoms with Crippen LogP contribution in [0.15, 0.2) is 48.5 Å². The average molecular weight is 274 g/mol. The zero-order valence-corrected chi connectivity index (χ0v) is 10.8. The van der Waals surface area contributed by atoms with Crippen molar-refractivity contribution < 1.29 is 18.3 Å². The van der Waals surface area contributed by atoms with Gasteiger partial charge in [0.2, 0.25) is 0 Å². The molecule has 0 amide bonds. The Labute approximate surface area is 115 Å². The van der Waals surface area contributed by atoms with Gasteiger partial charge in [-0.3, -0.25) is 0 Å². The number of hydrogen-bond donors (Lipinski definition) is 0. The lowest BCUT2D eigenvalue weighted by Crippen LogP contribution is -2.04. The van der Waals surface area contributed by atoms with Gasteiger partial charge >= 0.3 is 5.97 Å². The first kappa shape index (κ1) is 13.9. The largest absolute Gasteiger partial charge is 0.465 e. The summed E-state index contributed by atoms with van der Waals surface area (Å²) < 4.78 is 32.0. The van der Waals surface area contributed by atoms with Crippen LogP contribution in [0.25, 0.3) is 11.6 Å². The Hall–Kier alpha value is -2.49. The van der Waals surface area contributed by atoms with Gasteiger partial charge in [-0.2, -0.15) is 0 Å². The lowest BCUT2D eigenvalue weighted by atomic mass is 10.0. The quantitative estimate of drug-likeness (QED) is 0.485. The molecule has 0 unspecified atom stereocenters. The van der Waals surface area contributed by atoms with Crippen molar-refractivity contribution in [3.8, 4) is 0 Å². The van der Waals surface area contributed by atoms with E-state index in [1.807, 2.05) is 0 Å². The van der Waals surface area contributed by atoms with Crippen molar-refractivity contribution in [2.24, 2.45) is 0 Å². The van der Waals surface area contributed by atoms with Gasteiger partial charge in [0.05, 0.1) is 12.7 Å². The predicted molar refractivity (Wildman–Crippen MR) is 72.7 cm³/mol. The molecule has 4 heteroatoms. The maximum atomic E-state index is 13.7. The van der Waals surface area contributed by atoms with E-state index in [-0.39, 0.29) is 11.1 Å². The molecule has 0 aliphatic heterocycles. The summed E-state index contributed by atoms with van der Waals surface area (Å²) in [5.41, 5.74) is 0.357. The van der Waals surface area contributed by atoms with E-state index in [1.54, 1.807) is 30.3 Å². The van der Waals surface area contributed by atoms with Crippen LogP contribution in [0, 0.1) is 11.6 Å². The van der Waals surface area contributed by atoms with Gasteiger partial charge in [0, 0.05) is 5.56 Å². The third-order valence-electron chi connectivity index (χ3n) is 2.78. The average Bonchev–Trinajstić information content (AvgIpc) is 2.47. The highest BCUT2D eigenvalue weighted by molar-refractivity contribution is 6.21. The molecule has 0 bridgehead atoms. The maximum absolute atomic E-state index is 13.7. The molecule has 2 nitrogen and oxygen atoms in total. The smallest absolute Gasteiger partial charge is 0.338 e. The summed E-state index contributed by atoms with van der Waals surface area (Å²) in [6.45, 7) is 0. The molecule has 2 aromatic rings. The van der Waals surface area contributed by atoms with Crippen LogP contribution in [0.1, 0.15) is 11.1 Å². The number of carbonyl (C=O) groups excluding carboxylic acids is 1. The van der Waals surface area contributed by atoms with Crippen LogP contribution >= 0.6 is 0 Å². The highest BCUT2D eigenvalue weighted by Crippen LogP contribution is 2.22. The number of ether oxygens (including phenoxy) is 1. The van der Waals surface area contributed by atoms with Gasteiger partial charge in [-0.25, -0.2) is 13.6 Å². The molecule has 0 saturated carbocycles. The molecule has 0 atom stereocenters. The fraction of sp³-hybridized carbons (Fsp3) is 0.0625. The molecule has 0 aliphatic carbocycles. The Kier molecular flexibility index (Phi) is 4.25. The van der Waals surface area contributed by atoms with Crippen molar-refractivity contribution in [1.82, 2.24) is 0 Å². The molecule has 102 valence electrons. The molecule has 0 aliphatic rings. The van der Waals surface area contributed by atoms with Crippen molar-refractivity contribution in [1.29, 1.82) is 0 Å². The van der Waals surface area contributed by atoms with E-state index in [0.29, 0.717) is 5.56 Å². The predicted octanol–water partition coefficient (Wildman–Crippen LogP) is 3.68. The van der Waals surface area contributed by atoms with Crippen LogP contribution in [-0.2, 0) is 9.53 Å².